The molecule has 1 aromatic heterocycles. The van der Waals surface area contributed by atoms with Crippen LogP contribution in [-0.4, -0.2) is 33.6 Å². The Hall–Kier alpha value is -3.88. The fourth-order valence-corrected chi connectivity index (χ4v) is 3.13. The average Bonchev–Trinajstić information content (AvgIpc) is 3.29. The predicted octanol–water partition coefficient (Wildman–Crippen LogP) is 4.07. The molecule has 0 saturated carbocycles. The van der Waals surface area contributed by atoms with Crippen molar-refractivity contribution in [3.8, 4) is 17.2 Å². The molecule has 9 heteroatoms. The summed E-state index contributed by atoms with van der Waals surface area (Å²) in [4.78, 5) is 27.7. The maximum Gasteiger partial charge on any atom is 0.294 e. The molecular weight excluding hydrogens is 400 g/mol. The smallest absolute Gasteiger partial charge is 0.294 e. The number of nitrogens with zero attached hydrogens (tertiary/aromatic N) is 3. The summed E-state index contributed by atoms with van der Waals surface area (Å²) in [5, 5.41) is 14.4. The number of nitrogens with one attached hydrogen (secondary N) is 1. The van der Waals surface area contributed by atoms with E-state index in [9.17, 15) is 14.9 Å². The third-order valence-corrected chi connectivity index (χ3v) is 4.63. The number of amides is 1. The van der Waals surface area contributed by atoms with Gasteiger partial charge in [-0.05, 0) is 50.6 Å². The van der Waals surface area contributed by atoms with Crippen molar-refractivity contribution >= 4 is 11.6 Å². The summed E-state index contributed by atoms with van der Waals surface area (Å²) < 4.78 is 12.7. The summed E-state index contributed by atoms with van der Waals surface area (Å²) in [5.74, 6) is 0.820. The van der Waals surface area contributed by atoms with Crippen molar-refractivity contribution in [1.82, 2.24) is 14.9 Å². The van der Waals surface area contributed by atoms with Gasteiger partial charge in [0.05, 0.1) is 30.5 Å². The Morgan fingerprint density at radius 3 is 2.55 bits per heavy atom. The second-order valence-corrected chi connectivity index (χ2v) is 6.70. The highest BCUT2D eigenvalue weighted by molar-refractivity contribution is 5.95. The zero-order chi connectivity index (χ0) is 22.4. The lowest BCUT2D eigenvalue weighted by Crippen LogP contribution is -2.26. The first-order valence-corrected chi connectivity index (χ1v) is 9.91. The average molecular weight is 424 g/mol. The lowest BCUT2D eigenvalue weighted by molar-refractivity contribution is -0.384. The predicted molar refractivity (Wildman–Crippen MR) is 115 cm³/mol. The fraction of sp³-hybridized carbons (Fsp3) is 0.273. The molecule has 0 fully saturated rings. The van der Waals surface area contributed by atoms with Gasteiger partial charge >= 0.3 is 0 Å². The summed E-state index contributed by atoms with van der Waals surface area (Å²) in [6.45, 7) is 6.60. The van der Waals surface area contributed by atoms with E-state index < -0.39 is 10.8 Å². The molecule has 0 radical (unpaired) electrons. The minimum atomic E-state index is -0.517. The highest BCUT2D eigenvalue weighted by Gasteiger charge is 2.20. The van der Waals surface area contributed by atoms with Crippen molar-refractivity contribution < 1.29 is 19.2 Å². The second kappa shape index (κ2) is 9.75. The minimum Gasteiger partial charge on any atom is -0.490 e. The zero-order valence-corrected chi connectivity index (χ0v) is 17.6. The molecule has 0 spiro atoms. The van der Waals surface area contributed by atoms with Crippen LogP contribution in [0.3, 0.4) is 0 Å². The number of carbonyl (C=O) groups excluding carboxylic acids is 1. The molecule has 0 aliphatic heterocycles. The van der Waals surface area contributed by atoms with E-state index in [1.807, 2.05) is 32.9 Å². The van der Waals surface area contributed by atoms with Crippen molar-refractivity contribution in [1.29, 1.82) is 0 Å². The number of aromatic nitrogens is 2. The maximum absolute atomic E-state index is 12.8. The molecule has 9 nitrogen and oxygen atoms in total. The van der Waals surface area contributed by atoms with Crippen molar-refractivity contribution in [3.05, 3.63) is 76.4 Å². The first kappa shape index (κ1) is 21.8. The number of hydrogen-bond donors (Lipinski definition) is 1. The molecule has 0 aliphatic carbocycles. The van der Waals surface area contributed by atoms with Crippen molar-refractivity contribution in [2.75, 3.05) is 13.2 Å². The topological polar surface area (TPSA) is 109 Å². The summed E-state index contributed by atoms with van der Waals surface area (Å²) in [6, 6.07) is 9.47. The van der Waals surface area contributed by atoms with E-state index in [2.05, 4.69) is 10.3 Å². The van der Waals surface area contributed by atoms with Crippen molar-refractivity contribution in [2.45, 2.75) is 26.8 Å². The van der Waals surface area contributed by atoms with Crippen LogP contribution in [0.1, 0.15) is 42.7 Å². The van der Waals surface area contributed by atoms with Gasteiger partial charge in [-0.25, -0.2) is 4.98 Å². The summed E-state index contributed by atoms with van der Waals surface area (Å²) >= 11 is 0. The van der Waals surface area contributed by atoms with Crippen LogP contribution in [0.4, 0.5) is 5.69 Å². The third-order valence-electron chi connectivity index (χ3n) is 4.63. The summed E-state index contributed by atoms with van der Waals surface area (Å²) in [6.07, 6.45) is 4.59. The Labute approximate surface area is 179 Å². The molecule has 2 aromatic carbocycles. The van der Waals surface area contributed by atoms with Gasteiger partial charge in [0.1, 0.15) is 5.69 Å². The number of nitro benzene ring substituents is 1. The van der Waals surface area contributed by atoms with E-state index in [0.717, 1.165) is 5.56 Å². The van der Waals surface area contributed by atoms with Gasteiger partial charge in [0.25, 0.3) is 11.6 Å². The Bertz CT molecular complexity index is 1070. The first-order valence-electron chi connectivity index (χ1n) is 9.91. The Balaban J connectivity index is 1.82. The maximum atomic E-state index is 12.8. The molecule has 0 saturated heterocycles. The van der Waals surface area contributed by atoms with Crippen LogP contribution in [-0.2, 0) is 0 Å². The number of benzene rings is 2. The number of imidazole rings is 1. The van der Waals surface area contributed by atoms with Crippen LogP contribution >= 0.6 is 0 Å². The Kier molecular flexibility index (Phi) is 6.86. The molecule has 1 unspecified atom stereocenters. The van der Waals surface area contributed by atoms with Gasteiger partial charge in [-0.2, -0.15) is 0 Å². The number of nitro groups is 1. The van der Waals surface area contributed by atoms with Gasteiger partial charge in [0.2, 0.25) is 0 Å². The van der Waals surface area contributed by atoms with E-state index in [1.54, 1.807) is 18.3 Å². The lowest BCUT2D eigenvalue weighted by Gasteiger charge is -2.18. The zero-order valence-electron chi connectivity index (χ0n) is 17.6. The number of carbonyl (C=O) groups is 1. The Morgan fingerprint density at radius 1 is 1.16 bits per heavy atom. The van der Waals surface area contributed by atoms with Gasteiger partial charge in [-0.3, -0.25) is 14.9 Å². The molecule has 3 aromatic rings. The van der Waals surface area contributed by atoms with Crippen LogP contribution < -0.4 is 14.8 Å². The lowest BCUT2D eigenvalue weighted by atomic mass is 10.1. The van der Waals surface area contributed by atoms with Crippen LogP contribution in [0.15, 0.2) is 55.1 Å². The minimum absolute atomic E-state index is 0.182. The largest absolute Gasteiger partial charge is 0.490 e. The quantitative estimate of drug-likeness (QED) is 0.410. The van der Waals surface area contributed by atoms with Crippen LogP contribution in [0, 0.1) is 10.1 Å². The SMILES string of the molecule is CCOc1ccc(C(C)NC(=O)c2ccc(-n3ccnc3)c([N+](=O)[O-])c2)cc1OCC. The Morgan fingerprint density at radius 2 is 1.90 bits per heavy atom. The van der Waals surface area contributed by atoms with Crippen LogP contribution in [0.5, 0.6) is 11.5 Å². The highest BCUT2D eigenvalue weighted by Crippen LogP contribution is 2.31. The first-order chi connectivity index (χ1) is 14.9. The van der Waals surface area contributed by atoms with Gasteiger partial charge in [0, 0.05) is 24.0 Å². The molecule has 31 heavy (non-hydrogen) atoms. The van der Waals surface area contributed by atoms with E-state index in [4.69, 9.17) is 9.47 Å². The van der Waals surface area contributed by atoms with E-state index >= 15 is 0 Å². The second-order valence-electron chi connectivity index (χ2n) is 6.70. The number of hydrogen-bond acceptors (Lipinski definition) is 6. The van der Waals surface area contributed by atoms with Crippen LogP contribution in [0.25, 0.3) is 5.69 Å². The van der Waals surface area contributed by atoms with Crippen molar-refractivity contribution in [2.24, 2.45) is 0 Å². The molecule has 3 rings (SSSR count). The number of ether oxygens (including phenoxy) is 2. The van der Waals surface area contributed by atoms with Gasteiger partial charge in [0.15, 0.2) is 11.5 Å². The highest BCUT2D eigenvalue weighted by atomic mass is 16.6. The normalized spacial score (nSPS) is 11.6. The number of rotatable bonds is 9. The summed E-state index contributed by atoms with van der Waals surface area (Å²) in [7, 11) is 0. The van der Waals surface area contributed by atoms with E-state index in [-0.39, 0.29) is 17.3 Å². The fourth-order valence-electron chi connectivity index (χ4n) is 3.13. The summed E-state index contributed by atoms with van der Waals surface area (Å²) in [5.41, 5.74) is 1.17. The molecular formula is C22H24N4O5. The van der Waals surface area contributed by atoms with E-state index in [1.165, 1.54) is 29.2 Å². The molecule has 0 aliphatic rings. The molecule has 1 amide bonds. The molecule has 1 heterocycles. The van der Waals surface area contributed by atoms with Gasteiger partial charge in [-0.15, -0.1) is 0 Å². The molecule has 0 bridgehead atoms. The third kappa shape index (κ3) is 5.00. The van der Waals surface area contributed by atoms with Gasteiger partial charge < -0.3 is 19.4 Å². The van der Waals surface area contributed by atoms with Crippen molar-refractivity contribution in [3.63, 3.8) is 0 Å². The van der Waals surface area contributed by atoms with E-state index in [0.29, 0.717) is 30.4 Å². The van der Waals surface area contributed by atoms with Crippen LogP contribution in [0.2, 0.25) is 0 Å². The monoisotopic (exact) mass is 424 g/mol. The molecule has 1 atom stereocenters. The molecule has 162 valence electrons. The standard InChI is InChI=1S/C22H24N4O5/c1-4-30-20-9-7-16(13-21(20)31-5-2)15(3)24-22(27)17-6-8-18(19(12-17)26(28)29)25-11-10-23-14-25/h6-15H,4-5H2,1-3H3,(H,24,27). The molecule has 1 N–H and O–H groups in total. The van der Waals surface area contributed by atoms with Gasteiger partial charge in [-0.1, -0.05) is 6.07 Å².